The Hall–Kier alpha value is -6.91. The van der Waals surface area contributed by atoms with Crippen molar-refractivity contribution in [1.82, 2.24) is 40.4 Å². The van der Waals surface area contributed by atoms with Gasteiger partial charge in [0.2, 0.25) is 17.4 Å². The number of hydrogen-bond acceptors (Lipinski definition) is 8. The van der Waals surface area contributed by atoms with E-state index in [9.17, 15) is 32.3 Å². The molecule has 4 aliphatic heterocycles. The monoisotopic (exact) mass is 1110 g/mol. The van der Waals surface area contributed by atoms with E-state index < -0.39 is 41.6 Å². The Balaban J connectivity index is 0.737. The summed E-state index contributed by atoms with van der Waals surface area (Å²) in [5.41, 5.74) is 9.44. The molecule has 12 atom stereocenters. The molecule has 2 aromatic heterocycles. The molecule has 426 valence electrons. The van der Waals surface area contributed by atoms with Crippen molar-refractivity contribution in [1.29, 1.82) is 0 Å². The SMILES string of the molecule is CC1C2CCC[C@H]3CC(c4nc5cc(-c6cc7ccc6CCc6ccc(c(-c8ccc9[nH]c([C@@H]%10C[C@@H]%11CCCC%12C(C)[C@H](NC(=O)OC(C)(C)C)C(=O)N%10[C@@H]%12%11)nc9c8)c6)CC7)ccc5[nH]4)N(C(=O)[C@H]1NC(=O)OC(C)(C)C(F)(F)F)[C@@H]23. The maximum atomic E-state index is 14.6. The summed E-state index contributed by atoms with van der Waals surface area (Å²) in [6, 6.07) is 24.3. The van der Waals surface area contributed by atoms with Gasteiger partial charge in [0.05, 0.1) is 34.2 Å². The van der Waals surface area contributed by atoms with Crippen LogP contribution in [0.3, 0.4) is 0 Å². The van der Waals surface area contributed by atoms with Gasteiger partial charge in [-0.2, -0.15) is 13.2 Å². The van der Waals surface area contributed by atoms with Crippen LogP contribution in [-0.2, 0) is 44.7 Å². The number of H-pyrrole nitrogens is 2. The van der Waals surface area contributed by atoms with E-state index in [-0.39, 0.29) is 65.6 Å². The van der Waals surface area contributed by atoms with Crippen LogP contribution in [0.4, 0.5) is 22.8 Å². The van der Waals surface area contributed by atoms with Gasteiger partial charge in [0, 0.05) is 12.1 Å². The van der Waals surface area contributed by atoms with E-state index in [1.54, 1.807) is 0 Å². The fourth-order valence-electron chi connectivity index (χ4n) is 15.8. The molecule has 6 heterocycles. The maximum Gasteiger partial charge on any atom is 0.427 e. The molecule has 2 saturated carbocycles. The zero-order valence-electron chi connectivity index (χ0n) is 47.2. The molecule has 6 fully saturated rings. The molecule has 6 aromatic rings. The van der Waals surface area contributed by atoms with Crippen LogP contribution < -0.4 is 10.6 Å². The average molecular weight is 1110 g/mol. The third kappa shape index (κ3) is 9.41. The van der Waals surface area contributed by atoms with Crippen molar-refractivity contribution in [2.45, 2.75) is 179 Å². The number of ether oxygens (including phenoxy) is 2. The third-order valence-corrected chi connectivity index (χ3v) is 19.8. The lowest BCUT2D eigenvalue weighted by Crippen LogP contribution is -2.64. The molecule has 4 amide bonds. The van der Waals surface area contributed by atoms with Crippen LogP contribution in [0.2, 0.25) is 0 Å². The quantitative estimate of drug-likeness (QED) is 0.122. The molecule has 0 radical (unpaired) electrons. The van der Waals surface area contributed by atoms with Gasteiger partial charge in [-0.3, -0.25) is 9.59 Å². The number of benzene rings is 4. The minimum atomic E-state index is -4.78. The Labute approximate surface area is 470 Å². The minimum Gasteiger partial charge on any atom is -0.444 e. The zero-order chi connectivity index (χ0) is 56.6. The fraction of sp³-hybridized carbons (Fsp3) is 0.531. The van der Waals surface area contributed by atoms with Gasteiger partial charge in [-0.05, 0) is 203 Å². The molecule has 0 spiro atoms. The molecule has 4 N–H and O–H groups in total. The lowest BCUT2D eigenvalue weighted by atomic mass is 9.68. The van der Waals surface area contributed by atoms with Crippen molar-refractivity contribution in [3.8, 4) is 22.3 Å². The van der Waals surface area contributed by atoms with Crippen molar-refractivity contribution in [3.05, 3.63) is 107 Å². The van der Waals surface area contributed by atoms with Crippen LogP contribution in [0.5, 0.6) is 0 Å². The van der Waals surface area contributed by atoms with Gasteiger partial charge >= 0.3 is 18.4 Å². The van der Waals surface area contributed by atoms with Crippen LogP contribution in [-0.4, -0.2) is 95.3 Å². The number of hydrogen-bond donors (Lipinski definition) is 4. The molecular formula is C64H73F3N8O6. The standard InChI is InChI=1S/C64H73F3N8O6/c1-32-42-12-8-10-40-30-50(74(54(40)42)58(76)52(32)72-60(78)80-62(3,4)5)56-68-46-24-22-38(28-48(46)70-56)44-26-34-14-18-36(44)19-15-35-17-21-37(20-16-34)45(27-35)39-23-25-47-49(29-39)71-57(69-47)51-31-41-11-9-13-43-33(2)53(59(77)75(51)55(41)43)73-61(79)81-63(6,7)64(65,66)67/h14,17-18,21-29,32-33,40-43,50-55H,8-13,15-16,19-20,30-31H2,1-7H3,(H,68,70)(H,69,71)(H,72,78)(H,73,79)/t32?,33?,40-,41-,42?,43?,50-,51?,52-,53-,54+,55+/m0/s1. The molecule has 4 bridgehead atoms. The summed E-state index contributed by atoms with van der Waals surface area (Å²) < 4.78 is 51.6. The van der Waals surface area contributed by atoms with E-state index in [0.29, 0.717) is 18.2 Å². The number of nitrogens with one attached hydrogen (secondary N) is 4. The molecule has 16 rings (SSSR count). The Morgan fingerprint density at radius 2 is 1.04 bits per heavy atom. The first-order valence-electron chi connectivity index (χ1n) is 29.5. The Morgan fingerprint density at radius 1 is 0.593 bits per heavy atom. The highest BCUT2D eigenvalue weighted by molar-refractivity contribution is 5.90. The number of alkyl halides is 3. The van der Waals surface area contributed by atoms with E-state index in [0.717, 1.165) is 129 Å². The highest BCUT2D eigenvalue weighted by atomic mass is 19.4. The smallest absolute Gasteiger partial charge is 0.427 e. The summed E-state index contributed by atoms with van der Waals surface area (Å²) in [5, 5.41) is 5.54. The molecule has 4 aromatic carbocycles. The van der Waals surface area contributed by atoms with Gasteiger partial charge in [0.15, 0.2) is 0 Å². The molecule has 5 unspecified atom stereocenters. The maximum absolute atomic E-state index is 14.6. The zero-order valence-corrected chi connectivity index (χ0v) is 47.2. The van der Waals surface area contributed by atoms with E-state index in [4.69, 9.17) is 19.4 Å². The van der Waals surface area contributed by atoms with Crippen LogP contribution in [0.15, 0.2) is 72.8 Å². The van der Waals surface area contributed by atoms with Crippen molar-refractivity contribution in [2.75, 3.05) is 0 Å². The molecule has 4 saturated heterocycles. The predicted molar refractivity (Wildman–Crippen MR) is 301 cm³/mol. The molecule has 6 aliphatic carbocycles. The summed E-state index contributed by atoms with van der Waals surface area (Å²) in [6.45, 7) is 11.1. The molecule has 14 nitrogen and oxygen atoms in total. The third-order valence-electron chi connectivity index (χ3n) is 19.8. The number of carbonyl (C=O) groups excluding carboxylic acids is 4. The van der Waals surface area contributed by atoms with Gasteiger partial charge in [-0.25, -0.2) is 19.6 Å². The van der Waals surface area contributed by atoms with Crippen molar-refractivity contribution >= 4 is 46.1 Å². The van der Waals surface area contributed by atoms with Crippen molar-refractivity contribution < 1.29 is 41.8 Å². The number of piperidine rings is 2. The van der Waals surface area contributed by atoms with E-state index in [1.807, 2.05) is 32.6 Å². The molecule has 81 heavy (non-hydrogen) atoms. The van der Waals surface area contributed by atoms with Gasteiger partial charge in [0.1, 0.15) is 29.3 Å². The number of fused-ring (bicyclic) bond motifs is 2. The Morgan fingerprint density at radius 3 is 1.47 bits per heavy atom. The number of aromatic amines is 2. The topological polar surface area (TPSA) is 175 Å². The lowest BCUT2D eigenvalue weighted by molar-refractivity contribution is -0.244. The van der Waals surface area contributed by atoms with Crippen LogP contribution >= 0.6 is 0 Å². The summed E-state index contributed by atoms with van der Waals surface area (Å²) in [6.07, 6.45) is 4.21. The van der Waals surface area contributed by atoms with Gasteiger partial charge in [-0.15, -0.1) is 0 Å². The number of rotatable bonds is 7. The van der Waals surface area contributed by atoms with E-state index >= 15 is 0 Å². The predicted octanol–water partition coefficient (Wildman–Crippen LogP) is 12.4. The molecule has 17 heteroatoms. The highest BCUT2D eigenvalue weighted by Crippen LogP contribution is 2.55. The van der Waals surface area contributed by atoms with Crippen molar-refractivity contribution in [2.24, 2.45) is 35.5 Å². The lowest BCUT2D eigenvalue weighted by Gasteiger charge is -2.49. The normalized spacial score (nSPS) is 29.1. The van der Waals surface area contributed by atoms with Crippen LogP contribution in [0, 0.1) is 35.5 Å². The summed E-state index contributed by atoms with van der Waals surface area (Å²) in [7, 11) is 0. The second kappa shape index (κ2) is 19.6. The average Bonchev–Trinajstić information content (AvgIpc) is 3.17. The first-order chi connectivity index (χ1) is 38.6. The largest absolute Gasteiger partial charge is 0.444 e. The van der Waals surface area contributed by atoms with Gasteiger partial charge < -0.3 is 39.9 Å². The number of nitrogens with zero attached hydrogens (tertiary/aromatic N) is 4. The second-order valence-corrected chi connectivity index (χ2v) is 26.2. The van der Waals surface area contributed by atoms with E-state index in [1.165, 1.54) is 27.8 Å². The number of aromatic nitrogens is 4. The second-order valence-electron chi connectivity index (χ2n) is 26.2. The number of alkyl carbamates (subject to hydrolysis) is 2. The number of halogens is 3. The molecular weight excluding hydrogens is 1030 g/mol. The van der Waals surface area contributed by atoms with Gasteiger partial charge in [0.25, 0.3) is 0 Å². The molecule has 10 aliphatic rings. The summed E-state index contributed by atoms with van der Waals surface area (Å²) in [4.78, 5) is 76.8. The summed E-state index contributed by atoms with van der Waals surface area (Å²) >= 11 is 0. The van der Waals surface area contributed by atoms with Gasteiger partial charge in [-0.1, -0.05) is 75.2 Å². The van der Waals surface area contributed by atoms with Crippen molar-refractivity contribution in [3.63, 3.8) is 0 Å². The number of aryl methyl sites for hydroxylation is 4. The first kappa shape index (κ1) is 53.4. The fourth-order valence-corrected chi connectivity index (χ4v) is 15.8. The first-order valence-corrected chi connectivity index (χ1v) is 29.5. The number of imidazole rings is 2. The van der Waals surface area contributed by atoms with E-state index in [2.05, 4.69) is 105 Å². The van der Waals surface area contributed by atoms with Crippen LogP contribution in [0.1, 0.15) is 146 Å². The highest BCUT2D eigenvalue weighted by Gasteiger charge is 2.60. The Bertz CT molecular complexity index is 3510. The Kier molecular flexibility index (Phi) is 12.9. The summed E-state index contributed by atoms with van der Waals surface area (Å²) in [5.74, 6) is 1.77. The number of carbonyl (C=O) groups is 4. The van der Waals surface area contributed by atoms with Crippen LogP contribution in [0.25, 0.3) is 44.3 Å². The number of amides is 4. The minimum absolute atomic E-state index is 0.00748.